The molecule has 0 fully saturated rings. The highest BCUT2D eigenvalue weighted by Crippen LogP contribution is 2.13. The third kappa shape index (κ3) is 6.48. The second-order valence-electron chi connectivity index (χ2n) is 7.47. The number of aryl methyl sites for hydroxylation is 1. The molecule has 3 amide bonds. The number of unbranched alkanes of at least 4 members (excludes halogenated alkanes) is 2. The number of nitrogens with zero attached hydrogens (tertiary/aromatic N) is 2. The molecule has 174 valence electrons. The number of amides is 3. The monoisotopic (exact) mass is 469 g/mol. The van der Waals surface area contributed by atoms with E-state index in [9.17, 15) is 19.2 Å². The normalized spacial score (nSPS) is 10.7. The third-order valence-corrected chi connectivity index (χ3v) is 5.85. The minimum atomic E-state index is -0.602. The molecule has 2 heterocycles. The highest BCUT2D eigenvalue weighted by atomic mass is 32.1. The van der Waals surface area contributed by atoms with E-state index < -0.39 is 11.8 Å². The average Bonchev–Trinajstić information content (AvgIpc) is 3.37. The SMILES string of the molecule is CCCCCn1nc(C(=O)NNC(=O)CCCNC(=O)c2cccs2)c2ccccc2c1=O. The minimum absolute atomic E-state index is 0.0743. The van der Waals surface area contributed by atoms with Crippen molar-refractivity contribution in [1.29, 1.82) is 0 Å². The van der Waals surface area contributed by atoms with Gasteiger partial charge in [0.2, 0.25) is 5.91 Å². The van der Waals surface area contributed by atoms with Crippen LogP contribution in [0.25, 0.3) is 10.8 Å². The smallest absolute Gasteiger partial charge is 0.290 e. The lowest BCUT2D eigenvalue weighted by atomic mass is 10.1. The van der Waals surface area contributed by atoms with Gasteiger partial charge < -0.3 is 5.32 Å². The largest absolute Gasteiger partial charge is 0.351 e. The van der Waals surface area contributed by atoms with Gasteiger partial charge in [-0.1, -0.05) is 44.0 Å². The number of thiophene rings is 1. The van der Waals surface area contributed by atoms with E-state index in [0.29, 0.717) is 35.2 Å². The number of fused-ring (bicyclic) bond motifs is 1. The molecule has 0 radical (unpaired) electrons. The van der Waals surface area contributed by atoms with E-state index in [1.807, 2.05) is 5.38 Å². The maximum atomic E-state index is 12.7. The van der Waals surface area contributed by atoms with Crippen LogP contribution in [0.5, 0.6) is 0 Å². The number of carbonyl (C=O) groups excluding carboxylic acids is 3. The predicted molar refractivity (Wildman–Crippen MR) is 127 cm³/mol. The fourth-order valence-corrected chi connectivity index (χ4v) is 3.90. The van der Waals surface area contributed by atoms with Gasteiger partial charge in [0.1, 0.15) is 0 Å². The Hall–Kier alpha value is -3.53. The van der Waals surface area contributed by atoms with Crippen molar-refractivity contribution in [2.24, 2.45) is 0 Å². The van der Waals surface area contributed by atoms with Crippen LogP contribution in [0, 0.1) is 0 Å². The maximum Gasteiger partial charge on any atom is 0.290 e. The summed E-state index contributed by atoms with van der Waals surface area (Å²) in [6.07, 6.45) is 3.27. The Labute approximate surface area is 195 Å². The Bertz CT molecular complexity index is 1170. The molecule has 0 spiro atoms. The molecule has 2 aromatic heterocycles. The predicted octanol–water partition coefficient (Wildman–Crippen LogP) is 2.62. The molecule has 0 bridgehead atoms. The molecule has 10 heteroatoms. The van der Waals surface area contributed by atoms with Crippen LogP contribution in [0.2, 0.25) is 0 Å². The van der Waals surface area contributed by atoms with Gasteiger partial charge in [-0.25, -0.2) is 4.68 Å². The number of nitrogens with one attached hydrogen (secondary N) is 3. The van der Waals surface area contributed by atoms with Crippen molar-refractivity contribution in [3.8, 4) is 0 Å². The number of hydrazine groups is 1. The number of aromatic nitrogens is 2. The summed E-state index contributed by atoms with van der Waals surface area (Å²) in [6.45, 7) is 2.82. The van der Waals surface area contributed by atoms with Crippen LogP contribution in [-0.2, 0) is 11.3 Å². The van der Waals surface area contributed by atoms with Crippen molar-refractivity contribution in [2.45, 2.75) is 45.6 Å². The van der Waals surface area contributed by atoms with Gasteiger partial charge in [0.25, 0.3) is 17.4 Å². The quantitative estimate of drug-likeness (QED) is 0.311. The molecular formula is C23H27N5O4S. The number of rotatable bonds is 10. The highest BCUT2D eigenvalue weighted by Gasteiger charge is 2.17. The zero-order valence-corrected chi connectivity index (χ0v) is 19.2. The molecule has 33 heavy (non-hydrogen) atoms. The van der Waals surface area contributed by atoms with Gasteiger partial charge in [0, 0.05) is 24.9 Å². The van der Waals surface area contributed by atoms with Gasteiger partial charge in [0.15, 0.2) is 5.69 Å². The first-order valence-electron chi connectivity index (χ1n) is 10.9. The van der Waals surface area contributed by atoms with Crippen LogP contribution in [0.4, 0.5) is 0 Å². The topological polar surface area (TPSA) is 122 Å². The first kappa shape index (κ1) is 24.1. The number of hydrogen-bond acceptors (Lipinski definition) is 6. The van der Waals surface area contributed by atoms with Gasteiger partial charge in [0.05, 0.1) is 10.3 Å². The fraction of sp³-hybridized carbons (Fsp3) is 0.348. The zero-order chi connectivity index (χ0) is 23.6. The van der Waals surface area contributed by atoms with E-state index in [1.165, 1.54) is 16.0 Å². The molecule has 0 saturated carbocycles. The van der Waals surface area contributed by atoms with Crippen molar-refractivity contribution < 1.29 is 14.4 Å². The number of benzene rings is 1. The van der Waals surface area contributed by atoms with Crippen LogP contribution >= 0.6 is 11.3 Å². The van der Waals surface area contributed by atoms with Gasteiger partial charge in [-0.2, -0.15) is 5.10 Å². The van der Waals surface area contributed by atoms with Crippen molar-refractivity contribution in [2.75, 3.05) is 6.54 Å². The average molecular weight is 470 g/mol. The number of hydrogen-bond donors (Lipinski definition) is 3. The summed E-state index contributed by atoms with van der Waals surface area (Å²) in [5.74, 6) is -1.17. The lowest BCUT2D eigenvalue weighted by Crippen LogP contribution is -2.43. The van der Waals surface area contributed by atoms with Crippen LogP contribution in [0.3, 0.4) is 0 Å². The van der Waals surface area contributed by atoms with Crippen LogP contribution in [0.1, 0.15) is 59.2 Å². The Morgan fingerprint density at radius 2 is 1.76 bits per heavy atom. The van der Waals surface area contributed by atoms with Crippen molar-refractivity contribution in [3.05, 3.63) is 62.7 Å². The second kappa shape index (κ2) is 11.9. The summed E-state index contributed by atoms with van der Waals surface area (Å²) in [5, 5.41) is 9.66. The lowest BCUT2D eigenvalue weighted by molar-refractivity contribution is -0.121. The first-order chi connectivity index (χ1) is 16.0. The van der Waals surface area contributed by atoms with Crippen LogP contribution < -0.4 is 21.7 Å². The van der Waals surface area contributed by atoms with Gasteiger partial charge in [-0.15, -0.1) is 11.3 Å². The summed E-state index contributed by atoms with van der Waals surface area (Å²) in [4.78, 5) is 50.0. The molecule has 0 aliphatic rings. The van der Waals surface area contributed by atoms with Crippen LogP contribution in [0.15, 0.2) is 46.6 Å². The Balaban J connectivity index is 1.56. The van der Waals surface area contributed by atoms with E-state index in [-0.39, 0.29) is 23.6 Å². The van der Waals surface area contributed by atoms with E-state index >= 15 is 0 Å². The van der Waals surface area contributed by atoms with E-state index in [1.54, 1.807) is 36.4 Å². The van der Waals surface area contributed by atoms with Gasteiger partial charge >= 0.3 is 0 Å². The minimum Gasteiger partial charge on any atom is -0.351 e. The molecule has 3 rings (SSSR count). The highest BCUT2D eigenvalue weighted by molar-refractivity contribution is 7.12. The van der Waals surface area contributed by atoms with Crippen molar-refractivity contribution >= 4 is 39.8 Å². The summed E-state index contributed by atoms with van der Waals surface area (Å²) in [5.41, 5.74) is 4.58. The first-order valence-corrected chi connectivity index (χ1v) is 11.8. The van der Waals surface area contributed by atoms with E-state index in [0.717, 1.165) is 19.3 Å². The van der Waals surface area contributed by atoms with Crippen molar-refractivity contribution in [1.82, 2.24) is 25.9 Å². The zero-order valence-electron chi connectivity index (χ0n) is 18.4. The lowest BCUT2D eigenvalue weighted by Gasteiger charge is -2.12. The summed E-state index contributed by atoms with van der Waals surface area (Å²) in [6, 6.07) is 10.3. The molecule has 3 aromatic rings. The molecule has 9 nitrogen and oxygen atoms in total. The van der Waals surface area contributed by atoms with Gasteiger partial charge in [-0.3, -0.25) is 30.0 Å². The standard InChI is InChI=1S/C23H27N5O4S/c1-2-3-6-14-28-23(32)17-10-5-4-9-16(17)20(27-28)22(31)26-25-19(29)12-7-13-24-21(30)18-11-8-15-33-18/h4-5,8-11,15H,2-3,6-7,12-14H2,1H3,(H,24,30)(H,25,29)(H,26,31). The molecular weight excluding hydrogens is 442 g/mol. The Morgan fingerprint density at radius 3 is 2.48 bits per heavy atom. The summed E-state index contributed by atoms with van der Waals surface area (Å²) >= 11 is 1.35. The fourth-order valence-electron chi connectivity index (χ4n) is 3.26. The molecule has 0 saturated heterocycles. The molecule has 0 atom stereocenters. The molecule has 0 aliphatic carbocycles. The molecule has 0 unspecified atom stereocenters. The Kier molecular flexibility index (Phi) is 8.71. The van der Waals surface area contributed by atoms with Crippen molar-refractivity contribution in [3.63, 3.8) is 0 Å². The van der Waals surface area contributed by atoms with Crippen LogP contribution in [-0.4, -0.2) is 34.0 Å². The van der Waals surface area contributed by atoms with Gasteiger partial charge in [-0.05, 0) is 30.4 Å². The summed E-state index contributed by atoms with van der Waals surface area (Å²) < 4.78 is 1.31. The molecule has 1 aromatic carbocycles. The van der Waals surface area contributed by atoms with E-state index in [2.05, 4.69) is 28.2 Å². The molecule has 0 aliphatic heterocycles. The molecule has 3 N–H and O–H groups in total. The second-order valence-corrected chi connectivity index (χ2v) is 8.42. The van der Waals surface area contributed by atoms with E-state index in [4.69, 9.17) is 0 Å². The third-order valence-electron chi connectivity index (χ3n) is 4.98. The maximum absolute atomic E-state index is 12.7. The Morgan fingerprint density at radius 1 is 0.970 bits per heavy atom. The summed E-state index contributed by atoms with van der Waals surface area (Å²) in [7, 11) is 0. The number of carbonyl (C=O) groups is 3.